The van der Waals surface area contributed by atoms with Gasteiger partial charge in [0.05, 0.1) is 10.6 Å². The second kappa shape index (κ2) is 4.37. The fraction of sp³-hybridized carbons (Fsp3) is 0.273. The van der Waals surface area contributed by atoms with Gasteiger partial charge in [0.15, 0.2) is 0 Å². The van der Waals surface area contributed by atoms with Crippen molar-refractivity contribution in [1.29, 1.82) is 0 Å². The van der Waals surface area contributed by atoms with Crippen molar-refractivity contribution in [2.45, 2.75) is 24.7 Å². The van der Waals surface area contributed by atoms with Gasteiger partial charge in [-0.05, 0) is 30.7 Å². The summed E-state index contributed by atoms with van der Waals surface area (Å²) in [5.74, 6) is -0.547. The number of benzene rings is 1. The highest BCUT2D eigenvalue weighted by atomic mass is 35.7. The number of imide groups is 1. The molecule has 1 aliphatic rings. The third kappa shape index (κ3) is 2.26. The normalized spacial score (nSPS) is 16.4. The minimum Gasteiger partial charge on any atom is -0.274 e. The molecule has 18 heavy (non-hydrogen) atoms. The maximum Gasteiger partial charge on any atom is 0.261 e. The molecule has 1 aliphatic heterocycles. The van der Waals surface area contributed by atoms with Gasteiger partial charge in [-0.2, -0.15) is 0 Å². The van der Waals surface area contributed by atoms with Crippen LogP contribution in [-0.2, 0) is 18.6 Å². The van der Waals surface area contributed by atoms with Crippen LogP contribution in [0, 0.1) is 6.92 Å². The Morgan fingerprint density at radius 2 is 1.72 bits per heavy atom. The van der Waals surface area contributed by atoms with Gasteiger partial charge in [-0.3, -0.25) is 14.5 Å². The molecule has 0 saturated carbocycles. The zero-order chi connectivity index (χ0) is 13.5. The molecule has 5 nitrogen and oxygen atoms in total. The Morgan fingerprint density at radius 3 is 2.17 bits per heavy atom. The third-order valence-electron chi connectivity index (χ3n) is 2.74. The van der Waals surface area contributed by atoms with Gasteiger partial charge in [0.2, 0.25) is 11.8 Å². The van der Waals surface area contributed by atoms with Crippen LogP contribution < -0.4 is 4.90 Å². The minimum absolute atomic E-state index is 0.0514. The molecule has 2 amide bonds. The molecule has 0 N–H and O–H groups in total. The van der Waals surface area contributed by atoms with Gasteiger partial charge in [0.25, 0.3) is 9.05 Å². The van der Waals surface area contributed by atoms with Crippen molar-refractivity contribution in [3.8, 4) is 0 Å². The smallest absolute Gasteiger partial charge is 0.261 e. The summed E-state index contributed by atoms with van der Waals surface area (Å²) in [6, 6.07) is 4.05. The molecule has 1 saturated heterocycles. The summed E-state index contributed by atoms with van der Waals surface area (Å²) < 4.78 is 22.3. The van der Waals surface area contributed by atoms with Gasteiger partial charge in [0, 0.05) is 23.5 Å². The van der Waals surface area contributed by atoms with E-state index in [0.29, 0.717) is 11.3 Å². The van der Waals surface area contributed by atoms with E-state index in [4.69, 9.17) is 10.7 Å². The number of carbonyl (C=O) groups is 2. The van der Waals surface area contributed by atoms with Crippen molar-refractivity contribution < 1.29 is 18.0 Å². The van der Waals surface area contributed by atoms with Crippen LogP contribution in [-0.4, -0.2) is 20.2 Å². The summed E-state index contributed by atoms with van der Waals surface area (Å²) in [5.41, 5.74) is 0.923. The van der Waals surface area contributed by atoms with Crippen LogP contribution in [0.25, 0.3) is 0 Å². The maximum absolute atomic E-state index is 11.6. The number of rotatable bonds is 2. The topological polar surface area (TPSA) is 71.5 Å². The first-order valence-corrected chi connectivity index (χ1v) is 7.53. The van der Waals surface area contributed by atoms with Crippen LogP contribution in [0.5, 0.6) is 0 Å². The average molecular weight is 288 g/mol. The van der Waals surface area contributed by atoms with Crippen LogP contribution >= 0.6 is 10.7 Å². The Morgan fingerprint density at radius 1 is 1.17 bits per heavy atom. The second-order valence-corrected chi connectivity index (χ2v) is 6.57. The summed E-state index contributed by atoms with van der Waals surface area (Å²) >= 11 is 0. The molecular formula is C11H10ClNO4S. The summed E-state index contributed by atoms with van der Waals surface area (Å²) in [4.78, 5) is 24.2. The molecule has 1 aromatic carbocycles. The predicted molar refractivity (Wildman–Crippen MR) is 65.9 cm³/mol. The molecule has 1 aromatic rings. The van der Waals surface area contributed by atoms with Crippen molar-refractivity contribution in [1.82, 2.24) is 0 Å². The summed E-state index contributed by atoms with van der Waals surface area (Å²) in [6.45, 7) is 1.62. The molecule has 0 aliphatic carbocycles. The molecular weight excluding hydrogens is 278 g/mol. The van der Waals surface area contributed by atoms with E-state index >= 15 is 0 Å². The summed E-state index contributed by atoms with van der Waals surface area (Å²) in [5, 5.41) is 0. The molecule has 0 aromatic heterocycles. The number of hydrogen-bond acceptors (Lipinski definition) is 4. The highest BCUT2D eigenvalue weighted by molar-refractivity contribution is 8.13. The maximum atomic E-state index is 11.6. The van der Waals surface area contributed by atoms with Gasteiger partial charge < -0.3 is 0 Å². The average Bonchev–Trinajstić information content (AvgIpc) is 2.58. The van der Waals surface area contributed by atoms with E-state index in [0.717, 1.165) is 4.90 Å². The quantitative estimate of drug-likeness (QED) is 0.611. The van der Waals surface area contributed by atoms with Crippen LogP contribution in [0.2, 0.25) is 0 Å². The van der Waals surface area contributed by atoms with E-state index in [1.165, 1.54) is 18.2 Å². The van der Waals surface area contributed by atoms with Gasteiger partial charge >= 0.3 is 0 Å². The first kappa shape index (κ1) is 13.0. The van der Waals surface area contributed by atoms with Crippen molar-refractivity contribution in [3.63, 3.8) is 0 Å². The van der Waals surface area contributed by atoms with Crippen LogP contribution in [0.1, 0.15) is 18.4 Å². The van der Waals surface area contributed by atoms with Gasteiger partial charge in [-0.15, -0.1) is 0 Å². The molecule has 1 heterocycles. The minimum atomic E-state index is -3.81. The molecule has 2 rings (SSSR count). The second-order valence-electron chi connectivity index (χ2n) is 4.01. The SMILES string of the molecule is Cc1cc(S(=O)(=O)Cl)ccc1N1C(=O)CCC1=O. The van der Waals surface area contributed by atoms with Crippen LogP contribution in [0.3, 0.4) is 0 Å². The van der Waals surface area contributed by atoms with E-state index in [2.05, 4.69) is 0 Å². The Balaban J connectivity index is 2.48. The summed E-state index contributed by atoms with van der Waals surface area (Å²) in [7, 11) is 1.42. The van der Waals surface area contributed by atoms with Crippen molar-refractivity contribution in [2.24, 2.45) is 0 Å². The van der Waals surface area contributed by atoms with Gasteiger partial charge in [-0.1, -0.05) is 0 Å². The molecule has 0 radical (unpaired) electrons. The Bertz CT molecular complexity index is 622. The van der Waals surface area contributed by atoms with Crippen LogP contribution in [0.15, 0.2) is 23.1 Å². The van der Waals surface area contributed by atoms with E-state index in [1.807, 2.05) is 0 Å². The first-order valence-electron chi connectivity index (χ1n) is 5.22. The van der Waals surface area contributed by atoms with E-state index in [1.54, 1.807) is 6.92 Å². The Hall–Kier alpha value is -1.40. The highest BCUT2D eigenvalue weighted by Crippen LogP contribution is 2.28. The highest BCUT2D eigenvalue weighted by Gasteiger charge is 2.31. The number of halogens is 1. The van der Waals surface area contributed by atoms with E-state index < -0.39 is 9.05 Å². The van der Waals surface area contributed by atoms with E-state index in [9.17, 15) is 18.0 Å². The molecule has 7 heteroatoms. The first-order chi connectivity index (χ1) is 8.30. The largest absolute Gasteiger partial charge is 0.274 e. The van der Waals surface area contributed by atoms with Crippen molar-refractivity contribution >= 4 is 37.2 Å². The molecule has 0 spiro atoms. The van der Waals surface area contributed by atoms with Gasteiger partial charge in [0.1, 0.15) is 0 Å². The Labute approximate surface area is 109 Å². The molecule has 0 atom stereocenters. The lowest BCUT2D eigenvalue weighted by molar-refractivity contribution is -0.121. The molecule has 1 fully saturated rings. The number of hydrogen-bond donors (Lipinski definition) is 0. The number of amides is 2. The fourth-order valence-electron chi connectivity index (χ4n) is 1.88. The molecule has 0 bridgehead atoms. The standard InChI is InChI=1S/C11H10ClNO4S/c1-7-6-8(18(12,16)17)2-3-9(7)13-10(14)4-5-11(13)15/h2-3,6H,4-5H2,1H3. The lowest BCUT2D eigenvalue weighted by atomic mass is 10.2. The molecule has 0 unspecified atom stereocenters. The zero-order valence-corrected chi connectivity index (χ0v) is 11.1. The number of carbonyl (C=O) groups excluding carboxylic acids is 2. The van der Waals surface area contributed by atoms with E-state index in [-0.39, 0.29) is 29.6 Å². The lowest BCUT2D eigenvalue weighted by Gasteiger charge is -2.16. The predicted octanol–water partition coefficient (Wildman–Crippen LogP) is 1.58. The zero-order valence-electron chi connectivity index (χ0n) is 9.51. The van der Waals surface area contributed by atoms with Gasteiger partial charge in [-0.25, -0.2) is 8.42 Å². The number of nitrogens with zero attached hydrogens (tertiary/aromatic N) is 1. The van der Waals surface area contributed by atoms with Crippen LogP contribution in [0.4, 0.5) is 5.69 Å². The molecule has 96 valence electrons. The monoisotopic (exact) mass is 287 g/mol. The number of aryl methyl sites for hydroxylation is 1. The third-order valence-corrected chi connectivity index (χ3v) is 4.09. The fourth-order valence-corrected chi connectivity index (χ4v) is 2.71. The lowest BCUT2D eigenvalue weighted by Crippen LogP contribution is -2.29. The number of anilines is 1. The Kier molecular flexibility index (Phi) is 3.16. The van der Waals surface area contributed by atoms with Crippen molar-refractivity contribution in [3.05, 3.63) is 23.8 Å². The van der Waals surface area contributed by atoms with Crippen molar-refractivity contribution in [2.75, 3.05) is 4.90 Å². The summed E-state index contributed by atoms with van der Waals surface area (Å²) in [6.07, 6.45) is 0.377.